The summed E-state index contributed by atoms with van der Waals surface area (Å²) in [5, 5.41) is 1.11. The highest BCUT2D eigenvalue weighted by molar-refractivity contribution is 9.10. The maximum Gasteiger partial charge on any atom is 0.348 e. The maximum absolute atomic E-state index is 11.6. The van der Waals surface area contributed by atoms with Crippen molar-refractivity contribution in [2.75, 3.05) is 6.61 Å². The molecule has 0 radical (unpaired) electrons. The van der Waals surface area contributed by atoms with Crippen LogP contribution in [-0.4, -0.2) is 12.6 Å². The lowest BCUT2D eigenvalue weighted by Gasteiger charge is -1.97. The number of hydrogen-bond acceptors (Lipinski definition) is 3. The Bertz CT molecular complexity index is 545. The zero-order valence-corrected chi connectivity index (χ0v) is 11.4. The molecule has 0 unspecified atom stereocenters. The average molecular weight is 299 g/mol. The number of benzene rings is 1. The lowest BCUT2D eigenvalue weighted by atomic mass is 10.1. The molecular formula is C12H11BrO2S. The molecule has 0 saturated heterocycles. The summed E-state index contributed by atoms with van der Waals surface area (Å²) in [5.41, 5.74) is 1.16. The number of halogens is 1. The van der Waals surface area contributed by atoms with Gasteiger partial charge in [-0.3, -0.25) is 0 Å². The van der Waals surface area contributed by atoms with Gasteiger partial charge < -0.3 is 4.74 Å². The van der Waals surface area contributed by atoms with Crippen LogP contribution in [0, 0.1) is 6.92 Å². The Kier molecular flexibility index (Phi) is 3.30. The first-order chi connectivity index (χ1) is 7.63. The highest BCUT2D eigenvalue weighted by Crippen LogP contribution is 2.32. The van der Waals surface area contributed by atoms with Crippen LogP contribution in [0.3, 0.4) is 0 Å². The van der Waals surface area contributed by atoms with Gasteiger partial charge in [0.05, 0.1) is 6.61 Å². The van der Waals surface area contributed by atoms with Crippen LogP contribution in [0.4, 0.5) is 0 Å². The molecule has 0 N–H and O–H groups in total. The second kappa shape index (κ2) is 4.55. The molecular weight excluding hydrogens is 288 g/mol. The van der Waals surface area contributed by atoms with E-state index in [-0.39, 0.29) is 5.97 Å². The molecule has 0 spiro atoms. The van der Waals surface area contributed by atoms with E-state index < -0.39 is 0 Å². The van der Waals surface area contributed by atoms with Crippen LogP contribution in [0.5, 0.6) is 0 Å². The molecule has 4 heteroatoms. The second-order valence-corrected chi connectivity index (χ2v) is 5.35. The lowest BCUT2D eigenvalue weighted by molar-refractivity contribution is 0.0532. The SMILES string of the molecule is CCOC(=O)c1cc2c(C)c(Br)ccc2s1. The Morgan fingerprint density at radius 3 is 2.94 bits per heavy atom. The average Bonchev–Trinajstić information content (AvgIpc) is 2.69. The number of ether oxygens (including phenoxy) is 1. The molecule has 0 bridgehead atoms. The van der Waals surface area contributed by atoms with Crippen molar-refractivity contribution in [3.8, 4) is 0 Å². The molecule has 0 aliphatic rings. The molecule has 16 heavy (non-hydrogen) atoms. The number of aryl methyl sites for hydroxylation is 1. The first-order valence-corrected chi connectivity index (χ1v) is 6.60. The van der Waals surface area contributed by atoms with Gasteiger partial charge in [0.2, 0.25) is 0 Å². The van der Waals surface area contributed by atoms with Crippen LogP contribution in [0.15, 0.2) is 22.7 Å². The maximum atomic E-state index is 11.6. The van der Waals surface area contributed by atoms with E-state index in [2.05, 4.69) is 15.9 Å². The van der Waals surface area contributed by atoms with Gasteiger partial charge in [-0.05, 0) is 43.0 Å². The van der Waals surface area contributed by atoms with Crippen molar-refractivity contribution < 1.29 is 9.53 Å². The first kappa shape index (κ1) is 11.6. The smallest absolute Gasteiger partial charge is 0.348 e. The Hall–Kier alpha value is -0.870. The zero-order chi connectivity index (χ0) is 11.7. The van der Waals surface area contributed by atoms with E-state index in [4.69, 9.17) is 4.74 Å². The minimum absolute atomic E-state index is 0.237. The van der Waals surface area contributed by atoms with E-state index in [9.17, 15) is 4.79 Å². The number of thiophene rings is 1. The van der Waals surface area contributed by atoms with Gasteiger partial charge in [0.15, 0.2) is 0 Å². The number of carbonyl (C=O) groups excluding carboxylic acids is 1. The van der Waals surface area contributed by atoms with Crippen molar-refractivity contribution >= 4 is 43.3 Å². The Balaban J connectivity index is 2.52. The minimum Gasteiger partial charge on any atom is -0.462 e. The largest absolute Gasteiger partial charge is 0.462 e. The quantitative estimate of drug-likeness (QED) is 0.779. The molecule has 2 aromatic rings. The van der Waals surface area contributed by atoms with Crippen LogP contribution < -0.4 is 0 Å². The molecule has 0 atom stereocenters. The molecule has 1 aromatic carbocycles. The van der Waals surface area contributed by atoms with Crippen molar-refractivity contribution in [3.63, 3.8) is 0 Å². The summed E-state index contributed by atoms with van der Waals surface area (Å²) in [6, 6.07) is 5.92. The topological polar surface area (TPSA) is 26.3 Å². The first-order valence-electron chi connectivity index (χ1n) is 4.99. The highest BCUT2D eigenvalue weighted by atomic mass is 79.9. The Morgan fingerprint density at radius 2 is 2.25 bits per heavy atom. The highest BCUT2D eigenvalue weighted by Gasteiger charge is 2.12. The molecule has 0 aliphatic carbocycles. The molecule has 2 rings (SSSR count). The van der Waals surface area contributed by atoms with Crippen molar-refractivity contribution in [2.45, 2.75) is 13.8 Å². The van der Waals surface area contributed by atoms with Gasteiger partial charge in [0, 0.05) is 9.17 Å². The molecule has 84 valence electrons. The Labute approximate surface area is 106 Å². The van der Waals surface area contributed by atoms with Gasteiger partial charge in [-0.2, -0.15) is 0 Å². The number of esters is 1. The summed E-state index contributed by atoms with van der Waals surface area (Å²) in [6.07, 6.45) is 0. The lowest BCUT2D eigenvalue weighted by Crippen LogP contribution is -2.01. The predicted octanol–water partition coefficient (Wildman–Crippen LogP) is 4.15. The summed E-state index contributed by atoms with van der Waals surface area (Å²) >= 11 is 4.95. The summed E-state index contributed by atoms with van der Waals surface area (Å²) in [7, 11) is 0. The summed E-state index contributed by atoms with van der Waals surface area (Å²) in [4.78, 5) is 12.3. The fourth-order valence-electron chi connectivity index (χ4n) is 1.53. The monoisotopic (exact) mass is 298 g/mol. The van der Waals surface area contributed by atoms with Crippen LogP contribution in [0.25, 0.3) is 10.1 Å². The number of carbonyl (C=O) groups is 1. The third kappa shape index (κ3) is 1.99. The molecule has 0 aliphatic heterocycles. The van der Waals surface area contributed by atoms with Crippen LogP contribution >= 0.6 is 27.3 Å². The van der Waals surface area contributed by atoms with Gasteiger partial charge in [0.25, 0.3) is 0 Å². The molecule has 0 saturated carbocycles. The van der Waals surface area contributed by atoms with Crippen LogP contribution in [-0.2, 0) is 4.74 Å². The van der Waals surface area contributed by atoms with Gasteiger partial charge in [-0.15, -0.1) is 11.3 Å². The standard InChI is InChI=1S/C12H11BrO2S/c1-3-15-12(14)11-6-8-7(2)9(13)4-5-10(8)16-11/h4-6H,3H2,1-2H3. The predicted molar refractivity (Wildman–Crippen MR) is 70.2 cm³/mol. The van der Waals surface area contributed by atoms with Gasteiger partial charge >= 0.3 is 5.97 Å². The fraction of sp³-hybridized carbons (Fsp3) is 0.250. The zero-order valence-electron chi connectivity index (χ0n) is 9.04. The van der Waals surface area contributed by atoms with Crippen molar-refractivity contribution in [1.82, 2.24) is 0 Å². The number of hydrogen-bond donors (Lipinski definition) is 0. The summed E-state index contributed by atoms with van der Waals surface area (Å²) in [6.45, 7) is 4.26. The van der Waals surface area contributed by atoms with Crippen molar-refractivity contribution in [2.24, 2.45) is 0 Å². The van der Waals surface area contributed by atoms with Crippen LogP contribution in [0.1, 0.15) is 22.2 Å². The third-order valence-corrected chi connectivity index (χ3v) is 4.32. The van der Waals surface area contributed by atoms with E-state index in [0.717, 1.165) is 20.1 Å². The normalized spacial score (nSPS) is 10.7. The third-order valence-electron chi connectivity index (χ3n) is 2.38. The Morgan fingerprint density at radius 1 is 1.50 bits per heavy atom. The van der Waals surface area contributed by atoms with Gasteiger partial charge in [0.1, 0.15) is 4.88 Å². The van der Waals surface area contributed by atoms with Crippen molar-refractivity contribution in [3.05, 3.63) is 33.1 Å². The molecule has 2 nitrogen and oxygen atoms in total. The molecule has 0 fully saturated rings. The van der Waals surface area contributed by atoms with E-state index in [0.29, 0.717) is 11.5 Å². The van der Waals surface area contributed by atoms with E-state index in [1.807, 2.05) is 32.0 Å². The molecule has 0 amide bonds. The van der Waals surface area contributed by atoms with E-state index >= 15 is 0 Å². The molecule has 1 aromatic heterocycles. The fourth-order valence-corrected chi connectivity index (χ4v) is 2.89. The van der Waals surface area contributed by atoms with Crippen LogP contribution in [0.2, 0.25) is 0 Å². The van der Waals surface area contributed by atoms with Crippen molar-refractivity contribution in [1.29, 1.82) is 0 Å². The van der Waals surface area contributed by atoms with E-state index in [1.165, 1.54) is 11.3 Å². The summed E-state index contributed by atoms with van der Waals surface area (Å²) in [5.74, 6) is -0.237. The molecule has 1 heterocycles. The summed E-state index contributed by atoms with van der Waals surface area (Å²) < 4.78 is 7.17. The van der Waals surface area contributed by atoms with E-state index in [1.54, 1.807) is 0 Å². The van der Waals surface area contributed by atoms with Gasteiger partial charge in [-0.25, -0.2) is 4.79 Å². The number of rotatable bonds is 2. The second-order valence-electron chi connectivity index (χ2n) is 3.42. The van der Waals surface area contributed by atoms with Gasteiger partial charge in [-0.1, -0.05) is 15.9 Å². The minimum atomic E-state index is -0.237. The number of fused-ring (bicyclic) bond motifs is 1.